The Kier molecular flexibility index (Phi) is 6.86. The number of piperidine rings is 1. The summed E-state index contributed by atoms with van der Waals surface area (Å²) in [5.41, 5.74) is 8.55. The van der Waals surface area contributed by atoms with E-state index in [1.807, 2.05) is 29.6 Å². The van der Waals surface area contributed by atoms with Crippen molar-refractivity contribution in [3.05, 3.63) is 57.8 Å². The first-order valence-electron chi connectivity index (χ1n) is 9.95. The lowest BCUT2D eigenvalue weighted by molar-refractivity contribution is -0.126. The van der Waals surface area contributed by atoms with Crippen molar-refractivity contribution in [1.29, 1.82) is 0 Å². The molecule has 150 valence electrons. The molecule has 5 nitrogen and oxygen atoms in total. The second-order valence-electron chi connectivity index (χ2n) is 7.66. The Morgan fingerprint density at radius 2 is 1.89 bits per heavy atom. The minimum atomic E-state index is -0.418. The highest BCUT2D eigenvalue weighted by molar-refractivity contribution is 7.12. The molecule has 2 amide bonds. The van der Waals surface area contributed by atoms with Crippen LogP contribution in [0.3, 0.4) is 0 Å². The van der Waals surface area contributed by atoms with Gasteiger partial charge in [-0.1, -0.05) is 44.2 Å². The maximum Gasteiger partial charge on any atom is 0.264 e. The highest BCUT2D eigenvalue weighted by Gasteiger charge is 2.33. The number of rotatable bonds is 6. The molecule has 1 aromatic carbocycles. The average molecular weight is 400 g/mol. The van der Waals surface area contributed by atoms with Gasteiger partial charge in [-0.25, -0.2) is 0 Å². The molecule has 2 atom stereocenters. The summed E-state index contributed by atoms with van der Waals surface area (Å²) < 4.78 is 0. The van der Waals surface area contributed by atoms with Gasteiger partial charge in [-0.2, -0.15) is 0 Å². The summed E-state index contributed by atoms with van der Waals surface area (Å²) in [4.78, 5) is 28.0. The maximum atomic E-state index is 12.8. The topological polar surface area (TPSA) is 75.4 Å². The average Bonchev–Trinajstić information content (AvgIpc) is 3.26. The molecule has 0 bridgehead atoms. The largest absolute Gasteiger partial charge is 0.352 e. The van der Waals surface area contributed by atoms with Crippen LogP contribution in [0.15, 0.2) is 41.8 Å². The fourth-order valence-electron chi connectivity index (χ4n) is 3.56. The number of amides is 2. The van der Waals surface area contributed by atoms with Gasteiger partial charge in [-0.3, -0.25) is 9.59 Å². The highest BCUT2D eigenvalue weighted by atomic mass is 32.1. The fraction of sp³-hybridized carbons (Fsp3) is 0.455. The summed E-state index contributed by atoms with van der Waals surface area (Å²) in [6.07, 6.45) is 2.58. The van der Waals surface area contributed by atoms with Crippen LogP contribution >= 0.6 is 11.3 Å². The van der Waals surface area contributed by atoms with Gasteiger partial charge < -0.3 is 16.0 Å². The van der Waals surface area contributed by atoms with Gasteiger partial charge in [0.1, 0.15) is 6.04 Å². The Morgan fingerprint density at radius 3 is 2.54 bits per heavy atom. The summed E-state index contributed by atoms with van der Waals surface area (Å²) >= 11 is 1.41. The Balaban J connectivity index is 1.60. The molecule has 0 spiro atoms. The normalized spacial score (nSPS) is 18.1. The van der Waals surface area contributed by atoms with Gasteiger partial charge in [0.15, 0.2) is 0 Å². The van der Waals surface area contributed by atoms with Crippen LogP contribution in [0.25, 0.3) is 0 Å². The number of hydrogen-bond acceptors (Lipinski definition) is 4. The van der Waals surface area contributed by atoms with Crippen molar-refractivity contribution in [3.8, 4) is 0 Å². The summed E-state index contributed by atoms with van der Waals surface area (Å²) in [5, 5.41) is 4.85. The van der Waals surface area contributed by atoms with Crippen LogP contribution in [-0.2, 0) is 4.79 Å². The van der Waals surface area contributed by atoms with Gasteiger partial charge in [-0.05, 0) is 47.8 Å². The molecule has 2 unspecified atom stereocenters. The highest BCUT2D eigenvalue weighted by Crippen LogP contribution is 2.22. The van der Waals surface area contributed by atoms with Crippen molar-refractivity contribution in [1.82, 2.24) is 10.2 Å². The lowest BCUT2D eigenvalue weighted by Crippen LogP contribution is -2.52. The zero-order valence-corrected chi connectivity index (χ0v) is 17.4. The smallest absolute Gasteiger partial charge is 0.264 e. The lowest BCUT2D eigenvalue weighted by atomic mass is 9.99. The Morgan fingerprint density at radius 1 is 1.18 bits per heavy atom. The molecule has 0 saturated carbocycles. The number of likely N-dealkylation sites (tertiary alicyclic amines) is 1. The number of benzene rings is 1. The first-order chi connectivity index (χ1) is 13.5. The van der Waals surface area contributed by atoms with Crippen molar-refractivity contribution in [2.45, 2.75) is 51.1 Å². The second-order valence-corrected chi connectivity index (χ2v) is 8.61. The quantitative estimate of drug-likeness (QED) is 0.778. The molecular formula is C22H29N3O2S. The molecular weight excluding hydrogens is 370 g/mol. The predicted octanol–water partition coefficient (Wildman–Crippen LogP) is 3.68. The fourth-order valence-corrected chi connectivity index (χ4v) is 4.24. The van der Waals surface area contributed by atoms with E-state index in [4.69, 9.17) is 5.73 Å². The lowest BCUT2D eigenvalue weighted by Gasteiger charge is -2.34. The molecule has 2 heterocycles. The van der Waals surface area contributed by atoms with Crippen LogP contribution < -0.4 is 11.1 Å². The van der Waals surface area contributed by atoms with Crippen molar-refractivity contribution in [2.24, 2.45) is 5.73 Å². The summed E-state index contributed by atoms with van der Waals surface area (Å²) in [6.45, 7) is 5.29. The van der Waals surface area contributed by atoms with E-state index in [0.717, 1.165) is 18.4 Å². The molecule has 0 radical (unpaired) electrons. The van der Waals surface area contributed by atoms with Crippen molar-refractivity contribution in [3.63, 3.8) is 0 Å². The van der Waals surface area contributed by atoms with Crippen LogP contribution in [0.2, 0.25) is 0 Å². The summed E-state index contributed by atoms with van der Waals surface area (Å²) in [5.74, 6) is 0.311. The van der Waals surface area contributed by atoms with Gasteiger partial charge >= 0.3 is 0 Å². The minimum Gasteiger partial charge on any atom is -0.352 e. The van der Waals surface area contributed by atoms with E-state index in [0.29, 0.717) is 30.3 Å². The second kappa shape index (κ2) is 9.34. The predicted molar refractivity (Wildman–Crippen MR) is 113 cm³/mol. The Bertz CT molecular complexity index is 787. The Hall–Kier alpha value is -2.18. The summed E-state index contributed by atoms with van der Waals surface area (Å²) in [6, 6.07) is 11.2. The number of nitrogens with one attached hydrogen (secondary N) is 1. The van der Waals surface area contributed by atoms with Gasteiger partial charge in [0, 0.05) is 19.1 Å². The van der Waals surface area contributed by atoms with E-state index in [-0.39, 0.29) is 17.9 Å². The molecule has 28 heavy (non-hydrogen) atoms. The van der Waals surface area contributed by atoms with Gasteiger partial charge in [0.2, 0.25) is 5.91 Å². The molecule has 1 aliphatic heterocycles. The van der Waals surface area contributed by atoms with Gasteiger partial charge in [0.25, 0.3) is 5.91 Å². The standard InChI is InChI=1S/C22H29N3O2S/c1-15(2)16-8-10-17(11-9-16)18(23)14-24-21(26)19-6-3-4-12-25(19)22(27)20-7-5-13-28-20/h5,7-11,13,15,18-19H,3-4,6,12,14,23H2,1-2H3,(H,24,26). The number of hydrogen-bond donors (Lipinski definition) is 2. The minimum absolute atomic E-state index is 0.0524. The molecule has 1 fully saturated rings. The van der Waals surface area contributed by atoms with Gasteiger partial charge in [0.05, 0.1) is 4.88 Å². The van der Waals surface area contributed by atoms with Crippen molar-refractivity contribution >= 4 is 23.2 Å². The molecule has 1 saturated heterocycles. The maximum absolute atomic E-state index is 12.8. The molecule has 3 rings (SSSR count). The van der Waals surface area contributed by atoms with Gasteiger partial charge in [-0.15, -0.1) is 11.3 Å². The number of carbonyl (C=O) groups is 2. The molecule has 1 aromatic heterocycles. The van der Waals surface area contributed by atoms with E-state index >= 15 is 0 Å². The van der Waals surface area contributed by atoms with Crippen LogP contribution in [0, 0.1) is 0 Å². The van der Waals surface area contributed by atoms with Crippen LogP contribution in [0.5, 0.6) is 0 Å². The zero-order valence-electron chi connectivity index (χ0n) is 16.6. The van der Waals surface area contributed by atoms with Crippen molar-refractivity contribution in [2.75, 3.05) is 13.1 Å². The summed E-state index contributed by atoms with van der Waals surface area (Å²) in [7, 11) is 0. The molecule has 3 N–H and O–H groups in total. The first kappa shape index (κ1) is 20.6. The van der Waals surface area contributed by atoms with Crippen LogP contribution in [-0.4, -0.2) is 35.8 Å². The third-order valence-corrected chi connectivity index (χ3v) is 6.18. The number of nitrogens with zero attached hydrogens (tertiary/aromatic N) is 1. The molecule has 6 heteroatoms. The van der Waals surface area contributed by atoms with Crippen molar-refractivity contribution < 1.29 is 9.59 Å². The van der Waals surface area contributed by atoms with E-state index in [9.17, 15) is 9.59 Å². The van der Waals surface area contributed by atoms with E-state index in [1.165, 1.54) is 16.9 Å². The van der Waals surface area contributed by atoms with E-state index in [1.54, 1.807) is 4.90 Å². The zero-order chi connectivity index (χ0) is 20.1. The third-order valence-electron chi connectivity index (χ3n) is 5.33. The van der Waals surface area contributed by atoms with Crippen LogP contribution in [0.4, 0.5) is 0 Å². The number of carbonyl (C=O) groups excluding carboxylic acids is 2. The van der Waals surface area contributed by atoms with Crippen LogP contribution in [0.1, 0.15) is 65.9 Å². The molecule has 2 aromatic rings. The number of nitrogens with two attached hydrogens (primary N) is 1. The first-order valence-corrected chi connectivity index (χ1v) is 10.8. The van der Waals surface area contributed by atoms with E-state index in [2.05, 4.69) is 31.3 Å². The van der Waals surface area contributed by atoms with E-state index < -0.39 is 6.04 Å². The SMILES string of the molecule is CC(C)c1ccc(C(N)CNC(=O)C2CCCCN2C(=O)c2cccs2)cc1. The Labute approximate surface area is 170 Å². The molecule has 1 aliphatic rings. The third kappa shape index (κ3) is 4.80. The number of thiophene rings is 1. The molecule has 0 aliphatic carbocycles. The monoisotopic (exact) mass is 399 g/mol.